The molecule has 2 unspecified atom stereocenters. The third-order valence-electron chi connectivity index (χ3n) is 3.42. The molecule has 0 bridgehead atoms. The van der Waals surface area contributed by atoms with E-state index in [1.807, 2.05) is 0 Å². The van der Waals surface area contributed by atoms with E-state index in [4.69, 9.17) is 11.6 Å². The lowest BCUT2D eigenvalue weighted by Crippen LogP contribution is -2.44. The SMILES string of the molecule is CC1NC(=O)CC(C)N(Cc2cccc(F)c2Cl)C1=O. The number of nitrogens with one attached hydrogen (secondary N) is 1. The summed E-state index contributed by atoms with van der Waals surface area (Å²) in [5.41, 5.74) is 0.536. The van der Waals surface area contributed by atoms with E-state index < -0.39 is 11.9 Å². The molecule has 108 valence electrons. The minimum atomic E-state index is -0.584. The number of carbonyl (C=O) groups excluding carboxylic acids is 2. The van der Waals surface area contributed by atoms with Crippen LogP contribution in [0.2, 0.25) is 5.02 Å². The van der Waals surface area contributed by atoms with Gasteiger partial charge in [0.1, 0.15) is 11.9 Å². The molecule has 0 spiro atoms. The summed E-state index contributed by atoms with van der Waals surface area (Å²) >= 11 is 5.92. The van der Waals surface area contributed by atoms with Gasteiger partial charge in [0.25, 0.3) is 0 Å². The second-order valence-corrected chi connectivity index (χ2v) is 5.40. The molecule has 4 nitrogen and oxygen atoms in total. The minimum absolute atomic E-state index is 0.0173. The largest absolute Gasteiger partial charge is 0.345 e. The van der Waals surface area contributed by atoms with Gasteiger partial charge in [0.05, 0.1) is 5.02 Å². The maximum atomic E-state index is 13.4. The standard InChI is InChI=1S/C14H16ClFN2O2/c1-8-6-12(19)17-9(2)14(20)18(8)7-10-4-3-5-11(16)13(10)15/h3-5,8-9H,6-7H2,1-2H3,(H,17,19). The van der Waals surface area contributed by atoms with Crippen molar-refractivity contribution in [3.63, 3.8) is 0 Å². The van der Waals surface area contributed by atoms with Crippen molar-refractivity contribution in [3.8, 4) is 0 Å². The molecule has 2 atom stereocenters. The zero-order valence-corrected chi connectivity index (χ0v) is 12.1. The van der Waals surface area contributed by atoms with Gasteiger partial charge in [-0.2, -0.15) is 0 Å². The quantitative estimate of drug-likeness (QED) is 0.909. The summed E-state index contributed by atoms with van der Waals surface area (Å²) in [5, 5.41) is 2.64. The first-order valence-corrected chi connectivity index (χ1v) is 6.80. The van der Waals surface area contributed by atoms with Gasteiger partial charge in [-0.25, -0.2) is 4.39 Å². The molecule has 2 rings (SSSR count). The third-order valence-corrected chi connectivity index (χ3v) is 3.84. The van der Waals surface area contributed by atoms with Crippen molar-refractivity contribution in [2.45, 2.75) is 38.9 Å². The highest BCUT2D eigenvalue weighted by Crippen LogP contribution is 2.23. The van der Waals surface area contributed by atoms with Crippen LogP contribution in [0.3, 0.4) is 0 Å². The molecule has 1 heterocycles. The summed E-state index contributed by atoms with van der Waals surface area (Å²) in [7, 11) is 0. The van der Waals surface area contributed by atoms with E-state index in [1.54, 1.807) is 30.9 Å². The van der Waals surface area contributed by atoms with Gasteiger partial charge in [-0.05, 0) is 25.5 Å². The molecule has 1 aliphatic heterocycles. The van der Waals surface area contributed by atoms with Crippen LogP contribution >= 0.6 is 11.6 Å². The highest BCUT2D eigenvalue weighted by atomic mass is 35.5. The zero-order valence-electron chi connectivity index (χ0n) is 11.3. The fourth-order valence-electron chi connectivity index (χ4n) is 2.29. The van der Waals surface area contributed by atoms with E-state index in [9.17, 15) is 14.0 Å². The maximum absolute atomic E-state index is 13.4. The van der Waals surface area contributed by atoms with Crippen molar-refractivity contribution >= 4 is 23.4 Å². The van der Waals surface area contributed by atoms with Gasteiger partial charge in [0, 0.05) is 19.0 Å². The summed E-state index contributed by atoms with van der Waals surface area (Å²) in [6.45, 7) is 3.62. The van der Waals surface area contributed by atoms with Gasteiger partial charge in [-0.3, -0.25) is 9.59 Å². The summed E-state index contributed by atoms with van der Waals surface area (Å²) < 4.78 is 13.4. The van der Waals surface area contributed by atoms with Crippen LogP contribution in [-0.2, 0) is 16.1 Å². The summed E-state index contributed by atoms with van der Waals surface area (Å²) in [6, 6.07) is 3.66. The Labute approximate surface area is 121 Å². The van der Waals surface area contributed by atoms with Crippen molar-refractivity contribution in [2.24, 2.45) is 0 Å². The Bertz CT molecular complexity index is 550. The van der Waals surface area contributed by atoms with Crippen molar-refractivity contribution in [1.82, 2.24) is 10.2 Å². The number of amides is 2. The lowest BCUT2D eigenvalue weighted by molar-refractivity contribution is -0.135. The van der Waals surface area contributed by atoms with Crippen LogP contribution < -0.4 is 5.32 Å². The topological polar surface area (TPSA) is 49.4 Å². The number of halogens is 2. The number of hydrogen-bond acceptors (Lipinski definition) is 2. The number of nitrogens with zero attached hydrogens (tertiary/aromatic N) is 1. The van der Waals surface area contributed by atoms with E-state index in [0.717, 1.165) is 0 Å². The van der Waals surface area contributed by atoms with E-state index in [1.165, 1.54) is 6.07 Å². The van der Waals surface area contributed by atoms with Gasteiger partial charge in [-0.15, -0.1) is 0 Å². The number of hydrogen-bond donors (Lipinski definition) is 1. The van der Waals surface area contributed by atoms with Gasteiger partial charge in [0.15, 0.2) is 0 Å². The van der Waals surface area contributed by atoms with Crippen LogP contribution in [0.25, 0.3) is 0 Å². The molecule has 0 radical (unpaired) electrons. The molecular weight excluding hydrogens is 283 g/mol. The monoisotopic (exact) mass is 298 g/mol. The predicted octanol–water partition coefficient (Wildman–Crippen LogP) is 2.10. The van der Waals surface area contributed by atoms with Crippen LogP contribution in [0.5, 0.6) is 0 Å². The Morgan fingerprint density at radius 1 is 1.40 bits per heavy atom. The molecular formula is C14H16ClFN2O2. The molecule has 0 aromatic heterocycles. The van der Waals surface area contributed by atoms with Crippen molar-refractivity contribution < 1.29 is 14.0 Å². The van der Waals surface area contributed by atoms with Crippen LogP contribution in [-0.4, -0.2) is 28.8 Å². The molecule has 20 heavy (non-hydrogen) atoms. The number of carbonyl (C=O) groups is 2. The van der Waals surface area contributed by atoms with Gasteiger partial charge in [0.2, 0.25) is 11.8 Å². The summed E-state index contributed by atoms with van der Waals surface area (Å²) in [4.78, 5) is 25.4. The molecule has 1 fully saturated rings. The maximum Gasteiger partial charge on any atom is 0.245 e. The average Bonchev–Trinajstić information content (AvgIpc) is 2.46. The molecule has 1 N–H and O–H groups in total. The second kappa shape index (κ2) is 5.79. The number of rotatable bonds is 2. The fraction of sp³-hybridized carbons (Fsp3) is 0.429. The first kappa shape index (κ1) is 14.8. The Balaban J connectivity index is 2.27. The van der Waals surface area contributed by atoms with Crippen LogP contribution in [0.4, 0.5) is 4.39 Å². The first-order valence-electron chi connectivity index (χ1n) is 6.43. The summed E-state index contributed by atoms with van der Waals surface area (Å²) in [6.07, 6.45) is 0.225. The molecule has 1 saturated heterocycles. The van der Waals surface area contributed by atoms with E-state index in [-0.39, 0.29) is 35.8 Å². The first-order chi connectivity index (χ1) is 9.40. The Morgan fingerprint density at radius 3 is 2.80 bits per heavy atom. The lowest BCUT2D eigenvalue weighted by Gasteiger charge is -2.28. The van der Waals surface area contributed by atoms with Crippen molar-refractivity contribution in [2.75, 3.05) is 0 Å². The normalized spacial score (nSPS) is 23.5. The smallest absolute Gasteiger partial charge is 0.245 e. The molecule has 1 aliphatic rings. The molecule has 6 heteroatoms. The van der Waals surface area contributed by atoms with Crippen LogP contribution in [0, 0.1) is 5.82 Å². The minimum Gasteiger partial charge on any atom is -0.345 e. The molecule has 0 saturated carbocycles. The fourth-order valence-corrected chi connectivity index (χ4v) is 2.48. The van der Waals surface area contributed by atoms with E-state index in [2.05, 4.69) is 5.32 Å². The highest BCUT2D eigenvalue weighted by Gasteiger charge is 2.31. The van der Waals surface area contributed by atoms with Crippen LogP contribution in [0.1, 0.15) is 25.8 Å². The molecule has 1 aromatic rings. The Kier molecular flexibility index (Phi) is 4.28. The van der Waals surface area contributed by atoms with Crippen LogP contribution in [0.15, 0.2) is 18.2 Å². The molecule has 2 amide bonds. The second-order valence-electron chi connectivity index (χ2n) is 5.02. The van der Waals surface area contributed by atoms with Gasteiger partial charge >= 0.3 is 0 Å². The Morgan fingerprint density at radius 2 is 2.10 bits per heavy atom. The van der Waals surface area contributed by atoms with Gasteiger partial charge in [-0.1, -0.05) is 23.7 Å². The van der Waals surface area contributed by atoms with Gasteiger partial charge < -0.3 is 10.2 Å². The van der Waals surface area contributed by atoms with E-state index in [0.29, 0.717) is 5.56 Å². The van der Waals surface area contributed by atoms with E-state index >= 15 is 0 Å². The summed E-state index contributed by atoms with van der Waals surface area (Å²) in [5.74, 6) is -0.865. The predicted molar refractivity (Wildman–Crippen MR) is 73.6 cm³/mol. The number of benzene rings is 1. The Hall–Kier alpha value is -1.62. The highest BCUT2D eigenvalue weighted by molar-refractivity contribution is 6.31. The lowest BCUT2D eigenvalue weighted by atomic mass is 10.1. The molecule has 0 aliphatic carbocycles. The van der Waals surface area contributed by atoms with Crippen molar-refractivity contribution in [1.29, 1.82) is 0 Å². The molecule has 1 aromatic carbocycles. The third kappa shape index (κ3) is 2.93. The average molecular weight is 299 g/mol. The zero-order chi connectivity index (χ0) is 14.9. The van der Waals surface area contributed by atoms with Crippen molar-refractivity contribution in [3.05, 3.63) is 34.6 Å².